The lowest BCUT2D eigenvalue weighted by Crippen LogP contribution is -2.42. The molecule has 0 bridgehead atoms. The Morgan fingerprint density at radius 2 is 1.89 bits per heavy atom. The Kier molecular flexibility index (Phi) is 4.73. The van der Waals surface area contributed by atoms with E-state index < -0.39 is 5.60 Å². The quantitative estimate of drug-likeness (QED) is 0.780. The summed E-state index contributed by atoms with van der Waals surface area (Å²) in [5.74, 6) is 0.235. The molecule has 2 aromatic rings. The maximum Gasteiger partial charge on any atom is 0.410 e. The van der Waals surface area contributed by atoms with Crippen molar-refractivity contribution in [3.8, 4) is 11.1 Å². The molecule has 2 heterocycles. The molecule has 1 saturated heterocycles. The van der Waals surface area contributed by atoms with Gasteiger partial charge in [-0.05, 0) is 57.2 Å². The summed E-state index contributed by atoms with van der Waals surface area (Å²) in [6.07, 6.45) is 6.84. The average molecular weight is 381 g/mol. The molecule has 4 rings (SSSR count). The van der Waals surface area contributed by atoms with E-state index in [-0.39, 0.29) is 17.9 Å². The van der Waals surface area contributed by atoms with Gasteiger partial charge in [-0.25, -0.2) is 4.79 Å². The number of rotatable bonds is 2. The highest BCUT2D eigenvalue weighted by Gasteiger charge is 2.28. The molecule has 1 aliphatic carbocycles. The molecule has 1 aliphatic heterocycles. The molecule has 148 valence electrons. The van der Waals surface area contributed by atoms with Crippen molar-refractivity contribution in [1.82, 2.24) is 14.7 Å². The van der Waals surface area contributed by atoms with Crippen molar-refractivity contribution in [2.24, 2.45) is 0 Å². The minimum Gasteiger partial charge on any atom is -0.444 e. The number of aryl methyl sites for hydroxylation is 1. The third-order valence-corrected chi connectivity index (χ3v) is 5.46. The number of aromatic nitrogens is 2. The molecule has 0 saturated carbocycles. The molecule has 0 spiro atoms. The van der Waals surface area contributed by atoms with Crippen molar-refractivity contribution in [2.45, 2.75) is 58.1 Å². The van der Waals surface area contributed by atoms with Gasteiger partial charge in [-0.15, -0.1) is 0 Å². The van der Waals surface area contributed by atoms with Gasteiger partial charge in [-0.2, -0.15) is 5.10 Å². The van der Waals surface area contributed by atoms with E-state index in [0.717, 1.165) is 41.5 Å². The monoisotopic (exact) mass is 381 g/mol. The van der Waals surface area contributed by atoms with Gasteiger partial charge in [-0.1, -0.05) is 12.1 Å². The highest BCUT2D eigenvalue weighted by molar-refractivity contribution is 6.01. The van der Waals surface area contributed by atoms with Crippen LogP contribution in [-0.2, 0) is 11.2 Å². The molecule has 1 aromatic carbocycles. The van der Waals surface area contributed by atoms with Crippen molar-refractivity contribution < 1.29 is 14.3 Å². The SMILES string of the molecule is CC(C)(C)OC(=O)N1CCC(n2cc(-c3ccc4c(c3)C(=O)CC4)cn2)CC1. The van der Waals surface area contributed by atoms with Gasteiger partial charge >= 0.3 is 6.09 Å². The molecule has 0 N–H and O–H groups in total. The summed E-state index contributed by atoms with van der Waals surface area (Å²) in [7, 11) is 0. The normalized spacial score (nSPS) is 17.7. The zero-order valence-corrected chi connectivity index (χ0v) is 16.8. The first-order chi connectivity index (χ1) is 13.3. The third-order valence-electron chi connectivity index (χ3n) is 5.46. The van der Waals surface area contributed by atoms with E-state index in [1.165, 1.54) is 0 Å². The third kappa shape index (κ3) is 3.81. The van der Waals surface area contributed by atoms with Gasteiger partial charge in [0.25, 0.3) is 0 Å². The van der Waals surface area contributed by atoms with E-state index >= 15 is 0 Å². The largest absolute Gasteiger partial charge is 0.444 e. The molecule has 6 heteroatoms. The van der Waals surface area contributed by atoms with Crippen molar-refractivity contribution in [1.29, 1.82) is 0 Å². The van der Waals surface area contributed by atoms with Crippen LogP contribution in [0.3, 0.4) is 0 Å². The highest BCUT2D eigenvalue weighted by atomic mass is 16.6. The van der Waals surface area contributed by atoms with E-state index in [2.05, 4.69) is 23.4 Å². The minimum absolute atomic E-state index is 0.235. The number of carbonyl (C=O) groups excluding carboxylic acids is 2. The zero-order valence-electron chi connectivity index (χ0n) is 16.8. The van der Waals surface area contributed by atoms with Gasteiger partial charge in [0.15, 0.2) is 5.78 Å². The number of fused-ring (bicyclic) bond motifs is 1. The molecule has 1 amide bonds. The van der Waals surface area contributed by atoms with Gasteiger partial charge in [0.2, 0.25) is 0 Å². The number of carbonyl (C=O) groups is 2. The summed E-state index contributed by atoms with van der Waals surface area (Å²) in [5, 5.41) is 4.56. The molecule has 6 nitrogen and oxygen atoms in total. The van der Waals surface area contributed by atoms with Crippen LogP contribution in [-0.4, -0.2) is 45.2 Å². The Labute approximate surface area is 165 Å². The number of ether oxygens (including phenoxy) is 1. The maximum absolute atomic E-state index is 12.2. The number of benzene rings is 1. The van der Waals surface area contributed by atoms with Crippen LogP contribution in [0.25, 0.3) is 11.1 Å². The molecule has 0 unspecified atom stereocenters. The predicted octanol–water partition coefficient (Wildman–Crippen LogP) is 4.25. The predicted molar refractivity (Wildman–Crippen MR) is 106 cm³/mol. The molecular formula is C22H27N3O3. The lowest BCUT2D eigenvalue weighted by atomic mass is 10.0. The number of hydrogen-bond donors (Lipinski definition) is 0. The van der Waals surface area contributed by atoms with Gasteiger partial charge in [-0.3, -0.25) is 9.48 Å². The summed E-state index contributed by atoms with van der Waals surface area (Å²) in [6.45, 7) is 6.99. The number of piperidine rings is 1. The lowest BCUT2D eigenvalue weighted by molar-refractivity contribution is 0.0184. The molecule has 0 radical (unpaired) electrons. The van der Waals surface area contributed by atoms with Crippen LogP contribution in [0, 0.1) is 0 Å². The fraction of sp³-hybridized carbons (Fsp3) is 0.500. The van der Waals surface area contributed by atoms with Crippen molar-refractivity contribution >= 4 is 11.9 Å². The first-order valence-electron chi connectivity index (χ1n) is 9.99. The van der Waals surface area contributed by atoms with Gasteiger partial charge in [0.05, 0.1) is 12.2 Å². The van der Waals surface area contributed by atoms with Gasteiger partial charge in [0, 0.05) is 36.8 Å². The summed E-state index contributed by atoms with van der Waals surface area (Å²) in [5.41, 5.74) is 3.59. The van der Waals surface area contributed by atoms with Crippen molar-refractivity contribution in [3.63, 3.8) is 0 Å². The Morgan fingerprint density at radius 3 is 2.61 bits per heavy atom. The highest BCUT2D eigenvalue weighted by Crippen LogP contribution is 2.30. The fourth-order valence-electron chi connectivity index (χ4n) is 3.94. The number of amides is 1. The fourth-order valence-corrected chi connectivity index (χ4v) is 3.94. The second kappa shape index (κ2) is 7.08. The van der Waals surface area contributed by atoms with Crippen LogP contribution in [0.1, 0.15) is 62.0 Å². The first-order valence-corrected chi connectivity index (χ1v) is 9.99. The van der Waals surface area contributed by atoms with E-state index in [1.54, 1.807) is 4.90 Å². The number of nitrogens with zero attached hydrogens (tertiary/aromatic N) is 3. The number of Topliss-reactive ketones (excluding diaryl/α,β-unsaturated/α-hetero) is 1. The summed E-state index contributed by atoms with van der Waals surface area (Å²) in [4.78, 5) is 26.0. The molecule has 28 heavy (non-hydrogen) atoms. The van der Waals surface area contributed by atoms with Gasteiger partial charge < -0.3 is 9.64 Å². The van der Waals surface area contributed by atoms with Crippen molar-refractivity contribution in [3.05, 3.63) is 41.7 Å². The second-order valence-electron chi connectivity index (χ2n) is 8.70. The van der Waals surface area contributed by atoms with Crippen molar-refractivity contribution in [2.75, 3.05) is 13.1 Å². The molecule has 0 atom stereocenters. The molecule has 1 aromatic heterocycles. The topological polar surface area (TPSA) is 64.4 Å². The van der Waals surface area contributed by atoms with Gasteiger partial charge in [0.1, 0.15) is 5.60 Å². The Balaban J connectivity index is 1.41. The average Bonchev–Trinajstić information content (AvgIpc) is 3.28. The molecule has 1 fully saturated rings. The van der Waals surface area contributed by atoms with E-state index in [9.17, 15) is 9.59 Å². The summed E-state index contributed by atoms with van der Waals surface area (Å²) < 4.78 is 7.46. The van der Waals surface area contributed by atoms with Crippen LogP contribution < -0.4 is 0 Å². The number of ketones is 1. The van der Waals surface area contributed by atoms with Crippen LogP contribution >= 0.6 is 0 Å². The van der Waals surface area contributed by atoms with Crippen LogP contribution in [0.4, 0.5) is 4.79 Å². The van der Waals surface area contributed by atoms with Crippen LogP contribution in [0.5, 0.6) is 0 Å². The standard InChI is InChI=1S/C22H27N3O3/c1-22(2,3)28-21(27)24-10-8-18(9-11-24)25-14-17(13-23-25)16-5-4-15-6-7-20(26)19(15)12-16/h4-5,12-14,18H,6-11H2,1-3H3. The summed E-state index contributed by atoms with van der Waals surface area (Å²) >= 11 is 0. The minimum atomic E-state index is -0.470. The molecule has 2 aliphatic rings. The lowest BCUT2D eigenvalue weighted by Gasteiger charge is -2.33. The van der Waals surface area contributed by atoms with E-state index in [1.807, 2.05) is 37.7 Å². The number of hydrogen-bond acceptors (Lipinski definition) is 4. The summed E-state index contributed by atoms with van der Waals surface area (Å²) in [6, 6.07) is 6.40. The Hall–Kier alpha value is -2.63. The zero-order chi connectivity index (χ0) is 19.9. The smallest absolute Gasteiger partial charge is 0.410 e. The maximum atomic E-state index is 12.2. The second-order valence-corrected chi connectivity index (χ2v) is 8.70. The Bertz CT molecular complexity index is 902. The van der Waals surface area contributed by atoms with E-state index in [4.69, 9.17) is 4.74 Å². The van der Waals surface area contributed by atoms with Crippen LogP contribution in [0.2, 0.25) is 0 Å². The first kappa shape index (κ1) is 18.7. The Morgan fingerprint density at radius 1 is 1.14 bits per heavy atom. The van der Waals surface area contributed by atoms with Crippen LogP contribution in [0.15, 0.2) is 30.6 Å². The number of likely N-dealkylation sites (tertiary alicyclic amines) is 1. The van der Waals surface area contributed by atoms with E-state index in [0.29, 0.717) is 19.5 Å². The molecular weight excluding hydrogens is 354 g/mol.